The minimum atomic E-state index is 0.415. The smallest absolute Gasteiger partial charge is 0.0346 e. The third-order valence-electron chi connectivity index (χ3n) is 3.70. The molecule has 0 aliphatic rings. The average Bonchev–Trinajstić information content (AvgIpc) is 2.53. The average molecular weight is 265 g/mol. The zero-order valence-electron chi connectivity index (χ0n) is 12.3. The molecular formula is C19H23N. The van der Waals surface area contributed by atoms with E-state index in [1.807, 2.05) is 18.5 Å². The van der Waals surface area contributed by atoms with Crippen LogP contribution in [-0.4, -0.2) is 4.98 Å². The summed E-state index contributed by atoms with van der Waals surface area (Å²) in [5, 5.41) is 0. The van der Waals surface area contributed by atoms with Gasteiger partial charge in [-0.2, -0.15) is 0 Å². The Kier molecular flexibility index (Phi) is 5.55. The topological polar surface area (TPSA) is 12.9 Å². The number of hydrogen-bond acceptors (Lipinski definition) is 1. The quantitative estimate of drug-likeness (QED) is 0.469. The van der Waals surface area contributed by atoms with Crippen LogP contribution >= 0.6 is 0 Å². The standard InChI is InChI=1S/C19H23N/c1-3-5-7-10-16(4-2)18-13-19(15-20-14-18)17-11-8-6-9-12-17/h4,6,8-9,11-16H,2-3,5,7,10H2,1H3/t16-/m1/s1. The normalized spacial score (nSPS) is 12.1. The molecule has 104 valence electrons. The molecule has 0 N–H and O–H groups in total. The van der Waals surface area contributed by atoms with E-state index in [0.29, 0.717) is 5.92 Å². The van der Waals surface area contributed by atoms with Gasteiger partial charge in [0, 0.05) is 23.9 Å². The molecule has 0 saturated heterocycles. The van der Waals surface area contributed by atoms with Crippen LogP contribution < -0.4 is 0 Å². The van der Waals surface area contributed by atoms with Crippen molar-refractivity contribution in [2.24, 2.45) is 0 Å². The molecule has 1 aromatic carbocycles. The molecule has 0 fully saturated rings. The number of pyridine rings is 1. The molecule has 0 spiro atoms. The number of benzene rings is 1. The van der Waals surface area contributed by atoms with Crippen LogP contribution in [0.4, 0.5) is 0 Å². The highest BCUT2D eigenvalue weighted by atomic mass is 14.6. The van der Waals surface area contributed by atoms with Crippen molar-refractivity contribution in [1.82, 2.24) is 4.98 Å². The molecule has 2 aromatic rings. The van der Waals surface area contributed by atoms with Gasteiger partial charge in [0.25, 0.3) is 0 Å². The van der Waals surface area contributed by atoms with Crippen molar-refractivity contribution < 1.29 is 0 Å². The van der Waals surface area contributed by atoms with Crippen LogP contribution in [0, 0.1) is 0 Å². The Bertz CT molecular complexity index is 530. The first-order valence-electron chi connectivity index (χ1n) is 7.48. The first kappa shape index (κ1) is 14.5. The SMILES string of the molecule is C=C[C@H](CCCCC)c1cncc(-c2ccccc2)c1. The largest absolute Gasteiger partial charge is 0.264 e. The third-order valence-corrected chi connectivity index (χ3v) is 3.70. The molecule has 1 atom stereocenters. The summed E-state index contributed by atoms with van der Waals surface area (Å²) in [5.74, 6) is 0.415. The van der Waals surface area contributed by atoms with Crippen LogP contribution in [0.3, 0.4) is 0 Å². The molecule has 1 heterocycles. The first-order valence-corrected chi connectivity index (χ1v) is 7.48. The Balaban J connectivity index is 2.18. The molecule has 1 aromatic heterocycles. The fraction of sp³-hybridized carbons (Fsp3) is 0.316. The van der Waals surface area contributed by atoms with E-state index in [9.17, 15) is 0 Å². The zero-order valence-corrected chi connectivity index (χ0v) is 12.3. The van der Waals surface area contributed by atoms with Crippen molar-refractivity contribution in [2.75, 3.05) is 0 Å². The predicted molar refractivity (Wildman–Crippen MR) is 86.8 cm³/mol. The molecule has 1 nitrogen and oxygen atoms in total. The van der Waals surface area contributed by atoms with Gasteiger partial charge in [0.05, 0.1) is 0 Å². The van der Waals surface area contributed by atoms with Crippen LogP contribution in [-0.2, 0) is 0 Å². The first-order chi connectivity index (χ1) is 9.85. The number of aromatic nitrogens is 1. The monoisotopic (exact) mass is 265 g/mol. The number of unbranched alkanes of at least 4 members (excludes halogenated alkanes) is 2. The second-order valence-electron chi connectivity index (χ2n) is 5.21. The van der Waals surface area contributed by atoms with E-state index >= 15 is 0 Å². The Morgan fingerprint density at radius 2 is 1.90 bits per heavy atom. The Labute approximate surface area is 122 Å². The molecule has 0 aliphatic heterocycles. The van der Waals surface area contributed by atoms with Gasteiger partial charge in [-0.05, 0) is 23.6 Å². The molecule has 20 heavy (non-hydrogen) atoms. The van der Waals surface area contributed by atoms with Crippen molar-refractivity contribution in [3.63, 3.8) is 0 Å². The Hall–Kier alpha value is -1.89. The van der Waals surface area contributed by atoms with Gasteiger partial charge in [-0.1, -0.05) is 62.6 Å². The van der Waals surface area contributed by atoms with E-state index in [0.717, 1.165) is 6.42 Å². The summed E-state index contributed by atoms with van der Waals surface area (Å²) < 4.78 is 0. The van der Waals surface area contributed by atoms with Crippen LogP contribution in [0.2, 0.25) is 0 Å². The van der Waals surface area contributed by atoms with Crippen molar-refractivity contribution in [2.45, 2.75) is 38.5 Å². The summed E-state index contributed by atoms with van der Waals surface area (Å²) in [6, 6.07) is 12.7. The fourth-order valence-electron chi connectivity index (χ4n) is 2.48. The van der Waals surface area contributed by atoms with E-state index in [1.165, 1.54) is 36.0 Å². The summed E-state index contributed by atoms with van der Waals surface area (Å²) in [7, 11) is 0. The maximum atomic E-state index is 4.41. The maximum absolute atomic E-state index is 4.41. The van der Waals surface area contributed by atoms with E-state index in [-0.39, 0.29) is 0 Å². The van der Waals surface area contributed by atoms with Crippen molar-refractivity contribution in [3.8, 4) is 11.1 Å². The number of allylic oxidation sites excluding steroid dienone is 1. The third kappa shape index (κ3) is 3.80. The Morgan fingerprint density at radius 3 is 2.60 bits per heavy atom. The summed E-state index contributed by atoms with van der Waals surface area (Å²) in [5.41, 5.74) is 3.68. The van der Waals surface area contributed by atoms with E-state index in [2.05, 4.69) is 54.9 Å². The zero-order chi connectivity index (χ0) is 14.2. The molecule has 0 saturated carbocycles. The summed E-state index contributed by atoms with van der Waals surface area (Å²) in [6.45, 7) is 6.23. The van der Waals surface area contributed by atoms with Crippen molar-refractivity contribution in [3.05, 3.63) is 67.0 Å². The second-order valence-corrected chi connectivity index (χ2v) is 5.21. The highest BCUT2D eigenvalue weighted by molar-refractivity contribution is 5.63. The van der Waals surface area contributed by atoms with Gasteiger partial charge in [-0.25, -0.2) is 0 Å². The Morgan fingerprint density at radius 1 is 1.10 bits per heavy atom. The fourth-order valence-corrected chi connectivity index (χ4v) is 2.48. The van der Waals surface area contributed by atoms with Crippen LogP contribution in [0.25, 0.3) is 11.1 Å². The molecule has 0 aliphatic carbocycles. The molecule has 0 amide bonds. The van der Waals surface area contributed by atoms with Gasteiger partial charge in [-0.3, -0.25) is 4.98 Å². The van der Waals surface area contributed by atoms with Crippen molar-refractivity contribution >= 4 is 0 Å². The minimum absolute atomic E-state index is 0.415. The van der Waals surface area contributed by atoms with Gasteiger partial charge in [0.15, 0.2) is 0 Å². The summed E-state index contributed by atoms with van der Waals surface area (Å²) in [6.07, 6.45) is 10.9. The van der Waals surface area contributed by atoms with Crippen LogP contribution in [0.15, 0.2) is 61.4 Å². The number of hydrogen-bond donors (Lipinski definition) is 0. The van der Waals surface area contributed by atoms with Gasteiger partial charge >= 0.3 is 0 Å². The van der Waals surface area contributed by atoms with Gasteiger partial charge < -0.3 is 0 Å². The highest BCUT2D eigenvalue weighted by Crippen LogP contribution is 2.27. The molecule has 0 radical (unpaired) electrons. The molecule has 2 rings (SSSR count). The lowest BCUT2D eigenvalue weighted by molar-refractivity contribution is 0.628. The summed E-state index contributed by atoms with van der Waals surface area (Å²) >= 11 is 0. The molecule has 0 unspecified atom stereocenters. The summed E-state index contributed by atoms with van der Waals surface area (Å²) in [4.78, 5) is 4.41. The molecule has 0 bridgehead atoms. The molecular weight excluding hydrogens is 242 g/mol. The lowest BCUT2D eigenvalue weighted by atomic mass is 9.93. The van der Waals surface area contributed by atoms with E-state index in [1.54, 1.807) is 0 Å². The minimum Gasteiger partial charge on any atom is -0.264 e. The predicted octanol–water partition coefficient (Wildman–Crippen LogP) is 5.60. The van der Waals surface area contributed by atoms with Crippen LogP contribution in [0.5, 0.6) is 0 Å². The van der Waals surface area contributed by atoms with Crippen LogP contribution in [0.1, 0.15) is 44.1 Å². The number of rotatable bonds is 7. The van der Waals surface area contributed by atoms with Gasteiger partial charge in [0.1, 0.15) is 0 Å². The highest BCUT2D eigenvalue weighted by Gasteiger charge is 2.09. The lowest BCUT2D eigenvalue weighted by Crippen LogP contribution is -1.97. The van der Waals surface area contributed by atoms with E-state index in [4.69, 9.17) is 0 Å². The van der Waals surface area contributed by atoms with Gasteiger partial charge in [-0.15, -0.1) is 6.58 Å². The van der Waals surface area contributed by atoms with Crippen molar-refractivity contribution in [1.29, 1.82) is 0 Å². The maximum Gasteiger partial charge on any atom is 0.0346 e. The lowest BCUT2D eigenvalue weighted by Gasteiger charge is -2.13. The number of nitrogens with zero attached hydrogens (tertiary/aromatic N) is 1. The molecule has 1 heteroatoms. The van der Waals surface area contributed by atoms with Gasteiger partial charge in [0.2, 0.25) is 0 Å². The second kappa shape index (κ2) is 7.64. The van der Waals surface area contributed by atoms with E-state index < -0.39 is 0 Å².